The van der Waals surface area contributed by atoms with Crippen LogP contribution in [0.5, 0.6) is 0 Å². The third kappa shape index (κ3) is 3.05. The van der Waals surface area contributed by atoms with Crippen molar-refractivity contribution in [2.75, 3.05) is 32.1 Å². The first kappa shape index (κ1) is 15.1. The Hall–Kier alpha value is -2.77. The predicted octanol–water partition coefficient (Wildman–Crippen LogP) is 1.37. The van der Waals surface area contributed by atoms with Crippen LogP contribution in [0.25, 0.3) is 0 Å². The van der Waals surface area contributed by atoms with Crippen molar-refractivity contribution in [3.05, 3.63) is 29.3 Å². The Morgan fingerprint density at radius 3 is 2.78 bits per heavy atom. The first-order valence-corrected chi connectivity index (χ1v) is 7.39. The van der Waals surface area contributed by atoms with Gasteiger partial charge < -0.3 is 20.3 Å². The monoisotopic (exact) mass is 318 g/mol. The zero-order chi connectivity index (χ0) is 16.4. The Bertz CT molecular complexity index is 661. The van der Waals surface area contributed by atoms with Gasteiger partial charge in [0.05, 0.1) is 7.11 Å². The minimum atomic E-state index is -0.458. The first-order chi connectivity index (χ1) is 11.1. The molecule has 1 saturated heterocycles. The Labute approximate surface area is 133 Å². The van der Waals surface area contributed by atoms with E-state index in [9.17, 15) is 14.4 Å². The largest absolute Gasteiger partial charge is 0.453 e. The highest BCUT2D eigenvalue weighted by atomic mass is 16.5. The number of hydrogen-bond acceptors (Lipinski definition) is 4. The SMILES string of the molecule is COC(=O)N1CCc2ccc(NC(=O)N3CCNC3=O)cc2C1. The molecule has 1 aromatic rings. The number of ether oxygens (including phenoxy) is 1. The van der Waals surface area contributed by atoms with Gasteiger partial charge in [0.2, 0.25) is 0 Å². The van der Waals surface area contributed by atoms with Gasteiger partial charge in [0.25, 0.3) is 0 Å². The predicted molar refractivity (Wildman–Crippen MR) is 82.1 cm³/mol. The molecule has 2 aliphatic rings. The van der Waals surface area contributed by atoms with Gasteiger partial charge in [-0.3, -0.25) is 0 Å². The van der Waals surface area contributed by atoms with Gasteiger partial charge in [-0.15, -0.1) is 0 Å². The third-order valence-electron chi connectivity index (χ3n) is 4.00. The molecule has 8 nitrogen and oxygen atoms in total. The van der Waals surface area contributed by atoms with Crippen molar-refractivity contribution >= 4 is 23.8 Å². The molecule has 8 heteroatoms. The van der Waals surface area contributed by atoms with E-state index in [0.29, 0.717) is 31.9 Å². The van der Waals surface area contributed by atoms with Crippen LogP contribution in [0.4, 0.5) is 20.1 Å². The van der Waals surface area contributed by atoms with Crippen LogP contribution in [0, 0.1) is 0 Å². The number of amides is 5. The Kier molecular flexibility index (Phi) is 4.05. The minimum absolute atomic E-state index is 0.353. The van der Waals surface area contributed by atoms with Crippen LogP contribution in [0.2, 0.25) is 0 Å². The molecule has 3 rings (SSSR count). The molecule has 23 heavy (non-hydrogen) atoms. The number of urea groups is 2. The van der Waals surface area contributed by atoms with E-state index in [2.05, 4.69) is 10.6 Å². The van der Waals surface area contributed by atoms with Gasteiger partial charge in [-0.25, -0.2) is 19.3 Å². The minimum Gasteiger partial charge on any atom is -0.453 e. The Morgan fingerprint density at radius 1 is 1.26 bits per heavy atom. The van der Waals surface area contributed by atoms with Crippen molar-refractivity contribution in [1.29, 1.82) is 0 Å². The first-order valence-electron chi connectivity index (χ1n) is 7.39. The van der Waals surface area contributed by atoms with Crippen LogP contribution in [-0.4, -0.2) is 54.7 Å². The normalized spacial score (nSPS) is 16.7. The zero-order valence-corrected chi connectivity index (χ0v) is 12.8. The highest BCUT2D eigenvalue weighted by Gasteiger charge is 2.26. The molecule has 0 radical (unpaired) electrons. The van der Waals surface area contributed by atoms with Gasteiger partial charge in [0.1, 0.15) is 0 Å². The highest BCUT2D eigenvalue weighted by molar-refractivity contribution is 6.01. The summed E-state index contributed by atoms with van der Waals surface area (Å²) in [4.78, 5) is 37.9. The average Bonchev–Trinajstić information content (AvgIpc) is 2.99. The van der Waals surface area contributed by atoms with Crippen LogP contribution in [0.15, 0.2) is 18.2 Å². The number of fused-ring (bicyclic) bond motifs is 1. The number of nitrogens with zero attached hydrogens (tertiary/aromatic N) is 2. The van der Waals surface area contributed by atoms with Crippen LogP contribution < -0.4 is 10.6 Å². The molecule has 2 N–H and O–H groups in total. The summed E-state index contributed by atoms with van der Waals surface area (Å²) in [5.41, 5.74) is 2.70. The third-order valence-corrected chi connectivity index (χ3v) is 4.00. The van der Waals surface area contributed by atoms with E-state index in [1.807, 2.05) is 12.1 Å². The van der Waals surface area contributed by atoms with Crippen LogP contribution in [0.1, 0.15) is 11.1 Å². The molecule has 2 aliphatic heterocycles. The molecule has 0 aromatic heterocycles. The van der Waals surface area contributed by atoms with Crippen molar-refractivity contribution in [1.82, 2.24) is 15.1 Å². The van der Waals surface area contributed by atoms with E-state index in [1.54, 1.807) is 11.0 Å². The molecule has 0 saturated carbocycles. The lowest BCUT2D eigenvalue weighted by Crippen LogP contribution is -2.38. The number of carbonyl (C=O) groups excluding carboxylic acids is 3. The van der Waals surface area contributed by atoms with Gasteiger partial charge in [0, 0.05) is 31.9 Å². The summed E-state index contributed by atoms with van der Waals surface area (Å²) in [5, 5.41) is 5.29. The average molecular weight is 318 g/mol. The molecule has 5 amide bonds. The lowest BCUT2D eigenvalue weighted by Gasteiger charge is -2.28. The fraction of sp³-hybridized carbons (Fsp3) is 0.400. The number of anilines is 1. The molecule has 2 heterocycles. The number of imide groups is 1. The summed E-state index contributed by atoms with van der Waals surface area (Å²) in [6.45, 7) is 1.87. The van der Waals surface area contributed by atoms with E-state index in [-0.39, 0.29) is 6.09 Å². The van der Waals surface area contributed by atoms with E-state index >= 15 is 0 Å². The maximum atomic E-state index is 12.1. The number of methoxy groups -OCH3 is 1. The fourth-order valence-electron chi connectivity index (χ4n) is 2.78. The van der Waals surface area contributed by atoms with Crippen molar-refractivity contribution < 1.29 is 19.1 Å². The number of rotatable bonds is 1. The molecular formula is C15H18N4O4. The Morgan fingerprint density at radius 2 is 2.09 bits per heavy atom. The molecular weight excluding hydrogens is 300 g/mol. The van der Waals surface area contributed by atoms with Crippen LogP contribution in [-0.2, 0) is 17.7 Å². The van der Waals surface area contributed by atoms with Crippen LogP contribution >= 0.6 is 0 Å². The fourth-order valence-corrected chi connectivity index (χ4v) is 2.78. The summed E-state index contributed by atoms with van der Waals surface area (Å²) in [5.74, 6) is 0. The zero-order valence-electron chi connectivity index (χ0n) is 12.8. The quantitative estimate of drug-likeness (QED) is 0.818. The van der Waals surface area contributed by atoms with E-state index in [0.717, 1.165) is 22.4 Å². The molecule has 122 valence electrons. The van der Waals surface area contributed by atoms with Crippen molar-refractivity contribution in [3.8, 4) is 0 Å². The second-order valence-electron chi connectivity index (χ2n) is 5.44. The maximum absolute atomic E-state index is 12.1. The van der Waals surface area contributed by atoms with Crippen molar-refractivity contribution in [2.24, 2.45) is 0 Å². The molecule has 1 aromatic carbocycles. The summed E-state index contributed by atoms with van der Waals surface area (Å²) >= 11 is 0. The number of benzene rings is 1. The smallest absolute Gasteiger partial charge is 0.409 e. The maximum Gasteiger partial charge on any atom is 0.409 e. The van der Waals surface area contributed by atoms with E-state index in [1.165, 1.54) is 7.11 Å². The summed E-state index contributed by atoms with van der Waals surface area (Å²) in [7, 11) is 1.36. The lowest BCUT2D eigenvalue weighted by molar-refractivity contribution is 0.118. The highest BCUT2D eigenvalue weighted by Crippen LogP contribution is 2.23. The van der Waals surface area contributed by atoms with E-state index < -0.39 is 12.1 Å². The summed E-state index contributed by atoms with van der Waals surface area (Å²) < 4.78 is 4.74. The summed E-state index contributed by atoms with van der Waals surface area (Å²) in [6, 6.07) is 4.72. The van der Waals surface area contributed by atoms with Crippen molar-refractivity contribution in [2.45, 2.75) is 13.0 Å². The van der Waals surface area contributed by atoms with E-state index in [4.69, 9.17) is 4.74 Å². The number of hydrogen-bond donors (Lipinski definition) is 2. The van der Waals surface area contributed by atoms with Gasteiger partial charge in [-0.2, -0.15) is 0 Å². The van der Waals surface area contributed by atoms with Gasteiger partial charge >= 0.3 is 18.2 Å². The second kappa shape index (κ2) is 6.15. The number of carbonyl (C=O) groups is 3. The van der Waals surface area contributed by atoms with Crippen molar-refractivity contribution in [3.63, 3.8) is 0 Å². The van der Waals surface area contributed by atoms with Gasteiger partial charge in [-0.05, 0) is 29.7 Å². The molecule has 0 spiro atoms. The lowest BCUT2D eigenvalue weighted by atomic mass is 9.99. The van der Waals surface area contributed by atoms with Gasteiger partial charge in [0.15, 0.2) is 0 Å². The summed E-state index contributed by atoms with van der Waals surface area (Å²) in [6.07, 6.45) is 0.381. The molecule has 1 fully saturated rings. The second-order valence-corrected chi connectivity index (χ2v) is 5.44. The molecule has 0 unspecified atom stereocenters. The Balaban J connectivity index is 1.72. The molecule has 0 bridgehead atoms. The molecule has 0 atom stereocenters. The van der Waals surface area contributed by atoms with Crippen LogP contribution in [0.3, 0.4) is 0 Å². The standard InChI is InChI=1S/C15H18N4O4/c1-23-15(22)18-6-4-10-2-3-12(8-11(10)9-18)17-14(21)19-7-5-16-13(19)20/h2-3,8H,4-7,9H2,1H3,(H,16,20)(H,17,21). The van der Waals surface area contributed by atoms with Gasteiger partial charge in [-0.1, -0.05) is 6.07 Å². The molecule has 0 aliphatic carbocycles. The topological polar surface area (TPSA) is 91.0 Å². The number of nitrogens with one attached hydrogen (secondary N) is 2.